The second-order valence-corrected chi connectivity index (χ2v) is 3.84. The van der Waals surface area contributed by atoms with E-state index in [-0.39, 0.29) is 0 Å². The highest BCUT2D eigenvalue weighted by molar-refractivity contribution is 7.13. The van der Waals surface area contributed by atoms with E-state index >= 15 is 0 Å². The van der Waals surface area contributed by atoms with Crippen molar-refractivity contribution in [2.75, 3.05) is 11.2 Å². The van der Waals surface area contributed by atoms with Crippen LogP contribution in [0.3, 0.4) is 0 Å². The summed E-state index contributed by atoms with van der Waals surface area (Å²) in [7, 11) is 0. The molecule has 0 spiro atoms. The maximum Gasteiger partial charge on any atom is 0.243 e. The standard InChI is InChI=1S/C9H10N6S/c1-6(7-5-16-8(10)13-7)14-15-9-11-3-2-4-12-9/h2-5H,1H3,(H2,10,13)(H,11,12,15)/b14-6+. The summed E-state index contributed by atoms with van der Waals surface area (Å²) in [5.74, 6) is 0.449. The van der Waals surface area contributed by atoms with Gasteiger partial charge in [-0.3, -0.25) is 0 Å². The highest BCUT2D eigenvalue weighted by Crippen LogP contribution is 2.11. The molecule has 0 fully saturated rings. The van der Waals surface area contributed by atoms with Crippen LogP contribution in [0.4, 0.5) is 11.1 Å². The van der Waals surface area contributed by atoms with Gasteiger partial charge in [0.25, 0.3) is 0 Å². The van der Waals surface area contributed by atoms with Crippen LogP contribution < -0.4 is 11.2 Å². The van der Waals surface area contributed by atoms with E-state index in [2.05, 4.69) is 25.5 Å². The zero-order valence-corrected chi connectivity index (χ0v) is 9.40. The van der Waals surface area contributed by atoms with Crippen molar-refractivity contribution in [1.29, 1.82) is 0 Å². The average Bonchev–Trinajstić information content (AvgIpc) is 2.74. The maximum absolute atomic E-state index is 5.53. The highest BCUT2D eigenvalue weighted by Gasteiger charge is 2.02. The molecule has 3 N–H and O–H groups in total. The zero-order valence-electron chi connectivity index (χ0n) is 8.58. The Morgan fingerprint density at radius 1 is 1.44 bits per heavy atom. The van der Waals surface area contributed by atoms with Gasteiger partial charge in [-0.25, -0.2) is 20.4 Å². The lowest BCUT2D eigenvalue weighted by molar-refractivity contribution is 1.11. The van der Waals surface area contributed by atoms with Gasteiger partial charge in [-0.2, -0.15) is 5.10 Å². The van der Waals surface area contributed by atoms with E-state index in [4.69, 9.17) is 5.73 Å². The van der Waals surface area contributed by atoms with E-state index in [1.165, 1.54) is 11.3 Å². The van der Waals surface area contributed by atoms with E-state index in [1.54, 1.807) is 18.5 Å². The summed E-state index contributed by atoms with van der Waals surface area (Å²) in [5, 5.41) is 6.49. The van der Waals surface area contributed by atoms with Crippen LogP contribution in [-0.2, 0) is 0 Å². The maximum atomic E-state index is 5.53. The first-order valence-electron chi connectivity index (χ1n) is 4.54. The molecular weight excluding hydrogens is 224 g/mol. The summed E-state index contributed by atoms with van der Waals surface area (Å²) in [6, 6.07) is 1.74. The molecule has 0 radical (unpaired) electrons. The summed E-state index contributed by atoms with van der Waals surface area (Å²) >= 11 is 1.38. The number of rotatable bonds is 3. The second kappa shape index (κ2) is 4.67. The fourth-order valence-electron chi connectivity index (χ4n) is 1.00. The van der Waals surface area contributed by atoms with Gasteiger partial charge in [0, 0.05) is 17.8 Å². The minimum atomic E-state index is 0.449. The van der Waals surface area contributed by atoms with E-state index in [0.717, 1.165) is 11.4 Å². The van der Waals surface area contributed by atoms with Crippen LogP contribution in [0.2, 0.25) is 0 Å². The molecule has 0 saturated carbocycles. The summed E-state index contributed by atoms with van der Waals surface area (Å²) in [6.07, 6.45) is 3.28. The third kappa shape index (κ3) is 2.51. The van der Waals surface area contributed by atoms with Crippen LogP contribution in [0, 0.1) is 0 Å². The van der Waals surface area contributed by atoms with Crippen molar-refractivity contribution in [3.63, 3.8) is 0 Å². The molecule has 7 heteroatoms. The van der Waals surface area contributed by atoms with Gasteiger partial charge in [0.15, 0.2) is 5.13 Å². The Balaban J connectivity index is 2.08. The number of nitrogens with two attached hydrogens (primary N) is 1. The Morgan fingerprint density at radius 2 is 2.19 bits per heavy atom. The number of hydrogen-bond donors (Lipinski definition) is 2. The molecule has 0 aliphatic rings. The Morgan fingerprint density at radius 3 is 2.81 bits per heavy atom. The van der Waals surface area contributed by atoms with E-state index in [9.17, 15) is 0 Å². The minimum absolute atomic E-state index is 0.449. The molecule has 0 unspecified atom stereocenters. The van der Waals surface area contributed by atoms with Crippen LogP contribution in [-0.4, -0.2) is 20.7 Å². The van der Waals surface area contributed by atoms with Crippen LogP contribution in [0.1, 0.15) is 12.6 Å². The van der Waals surface area contributed by atoms with Crippen molar-refractivity contribution in [3.05, 3.63) is 29.5 Å². The van der Waals surface area contributed by atoms with Crippen molar-refractivity contribution < 1.29 is 0 Å². The molecule has 2 heterocycles. The smallest absolute Gasteiger partial charge is 0.243 e. The predicted octanol–water partition coefficient (Wildman–Crippen LogP) is 1.35. The molecule has 2 rings (SSSR count). The van der Waals surface area contributed by atoms with Crippen molar-refractivity contribution in [1.82, 2.24) is 15.0 Å². The molecule has 0 aliphatic heterocycles. The van der Waals surface area contributed by atoms with Gasteiger partial charge in [0.2, 0.25) is 5.95 Å². The number of thiazole rings is 1. The van der Waals surface area contributed by atoms with Crippen LogP contribution in [0.15, 0.2) is 28.9 Å². The fourth-order valence-corrected chi connectivity index (χ4v) is 1.61. The Kier molecular flexibility index (Phi) is 3.06. The van der Waals surface area contributed by atoms with Crippen molar-refractivity contribution in [3.8, 4) is 0 Å². The van der Waals surface area contributed by atoms with Gasteiger partial charge < -0.3 is 5.73 Å². The summed E-state index contributed by atoms with van der Waals surface area (Å²) < 4.78 is 0. The number of nitrogens with zero attached hydrogens (tertiary/aromatic N) is 4. The molecular formula is C9H10N6S. The third-order valence-corrected chi connectivity index (χ3v) is 2.46. The van der Waals surface area contributed by atoms with Gasteiger partial charge >= 0.3 is 0 Å². The van der Waals surface area contributed by atoms with Gasteiger partial charge in [-0.05, 0) is 13.0 Å². The molecule has 0 bridgehead atoms. The predicted molar refractivity (Wildman–Crippen MR) is 64.4 cm³/mol. The Labute approximate surface area is 96.3 Å². The average molecular weight is 234 g/mol. The third-order valence-electron chi connectivity index (χ3n) is 1.78. The molecule has 2 aromatic rings. The summed E-state index contributed by atoms with van der Waals surface area (Å²) in [5.41, 5.74) is 9.76. The first-order valence-corrected chi connectivity index (χ1v) is 5.42. The molecule has 0 aliphatic carbocycles. The zero-order chi connectivity index (χ0) is 11.4. The monoisotopic (exact) mass is 234 g/mol. The quantitative estimate of drug-likeness (QED) is 0.618. The molecule has 0 atom stereocenters. The second-order valence-electron chi connectivity index (χ2n) is 2.95. The van der Waals surface area contributed by atoms with Crippen molar-refractivity contribution in [2.45, 2.75) is 6.92 Å². The number of hydrazone groups is 1. The number of anilines is 2. The first-order chi connectivity index (χ1) is 7.75. The van der Waals surface area contributed by atoms with E-state index < -0.39 is 0 Å². The number of nitrogen functional groups attached to an aromatic ring is 1. The Hall–Kier alpha value is -2.02. The topological polar surface area (TPSA) is 89.1 Å². The SMILES string of the molecule is C/C(=N\Nc1ncccn1)c1csc(N)n1. The molecule has 0 saturated heterocycles. The normalized spacial score (nSPS) is 11.4. The largest absolute Gasteiger partial charge is 0.375 e. The van der Waals surface area contributed by atoms with Gasteiger partial charge in [0.05, 0.1) is 11.4 Å². The highest BCUT2D eigenvalue weighted by atomic mass is 32.1. The molecule has 2 aromatic heterocycles. The van der Waals surface area contributed by atoms with Gasteiger partial charge in [-0.15, -0.1) is 11.3 Å². The van der Waals surface area contributed by atoms with Crippen molar-refractivity contribution in [2.24, 2.45) is 5.10 Å². The number of nitrogens with one attached hydrogen (secondary N) is 1. The fraction of sp³-hybridized carbons (Fsp3) is 0.111. The van der Waals surface area contributed by atoms with Crippen LogP contribution >= 0.6 is 11.3 Å². The first kappa shape index (κ1) is 10.5. The summed E-state index contributed by atoms with van der Waals surface area (Å²) in [4.78, 5) is 12.1. The molecule has 0 amide bonds. The van der Waals surface area contributed by atoms with E-state index in [0.29, 0.717) is 11.1 Å². The lowest BCUT2D eigenvalue weighted by Gasteiger charge is -1.98. The van der Waals surface area contributed by atoms with Crippen LogP contribution in [0.25, 0.3) is 0 Å². The lowest BCUT2D eigenvalue weighted by Crippen LogP contribution is -2.02. The Bertz CT molecular complexity index is 492. The molecule has 6 nitrogen and oxygen atoms in total. The summed E-state index contributed by atoms with van der Waals surface area (Å²) in [6.45, 7) is 1.84. The minimum Gasteiger partial charge on any atom is -0.375 e. The van der Waals surface area contributed by atoms with Crippen LogP contribution in [0.5, 0.6) is 0 Å². The molecule has 0 aromatic carbocycles. The van der Waals surface area contributed by atoms with E-state index in [1.807, 2.05) is 12.3 Å². The molecule has 82 valence electrons. The number of hydrogen-bond acceptors (Lipinski definition) is 7. The van der Waals surface area contributed by atoms with Gasteiger partial charge in [-0.1, -0.05) is 0 Å². The lowest BCUT2D eigenvalue weighted by atomic mass is 10.3. The molecule has 16 heavy (non-hydrogen) atoms. The van der Waals surface area contributed by atoms with Gasteiger partial charge in [0.1, 0.15) is 0 Å². The number of aromatic nitrogens is 3. The van der Waals surface area contributed by atoms with Crippen molar-refractivity contribution >= 4 is 28.1 Å².